The summed E-state index contributed by atoms with van der Waals surface area (Å²) in [6.07, 6.45) is 8.64. The summed E-state index contributed by atoms with van der Waals surface area (Å²) in [5.74, 6) is 4.24. The summed E-state index contributed by atoms with van der Waals surface area (Å²) in [6.45, 7) is 2.14. The van der Waals surface area contributed by atoms with Crippen molar-refractivity contribution in [3.63, 3.8) is 0 Å². The molecule has 3 fully saturated rings. The van der Waals surface area contributed by atoms with Gasteiger partial charge >= 0.3 is 0 Å². The van der Waals surface area contributed by atoms with E-state index < -0.39 is 0 Å². The van der Waals surface area contributed by atoms with Gasteiger partial charge in [-0.1, -0.05) is 60.7 Å². The second-order valence-corrected chi connectivity index (χ2v) is 12.3. The van der Waals surface area contributed by atoms with Crippen LogP contribution in [0.5, 0.6) is 5.75 Å². The first-order chi connectivity index (χ1) is 21.2. The van der Waals surface area contributed by atoms with Gasteiger partial charge < -0.3 is 25.3 Å². The molecule has 0 spiro atoms. The molecule has 4 atom stereocenters. The number of H-pyrrole nitrogens is 2. The summed E-state index contributed by atoms with van der Waals surface area (Å²) in [5, 5.41) is 7.07. The van der Waals surface area contributed by atoms with Crippen LogP contribution in [0, 0.1) is 0 Å². The maximum atomic E-state index is 5.45. The van der Waals surface area contributed by atoms with Crippen molar-refractivity contribution in [2.75, 3.05) is 20.2 Å². The minimum atomic E-state index is 0.344. The number of imidazole rings is 2. The molecule has 4 N–H and O–H groups in total. The standard InChI is InChI=1S/C36H38N6O/c1-43-27-16-14-26(15-17-27)34-32(24-10-6-22(7-11-24)30-20-39-35(41-30)28-4-2-18-37-28)33(34)25-12-8-23(9-13-25)31-21-40-36(42-31)29-5-3-19-38-29/h6-17,20-21,28-29,32-34,37-38H,2-5,18-19H2,1H3,(H,39,41)(H,40,42). The van der Waals surface area contributed by atoms with Gasteiger partial charge in [0.25, 0.3) is 0 Å². The Balaban J connectivity index is 1.05. The zero-order chi connectivity index (χ0) is 28.8. The first-order valence-electron chi connectivity index (χ1n) is 15.7. The van der Waals surface area contributed by atoms with E-state index in [9.17, 15) is 0 Å². The van der Waals surface area contributed by atoms with Gasteiger partial charge in [0.05, 0.1) is 43.0 Å². The van der Waals surface area contributed by atoms with Crippen molar-refractivity contribution < 1.29 is 4.74 Å². The van der Waals surface area contributed by atoms with Crippen molar-refractivity contribution in [1.29, 1.82) is 0 Å². The normalized spacial score (nSPS) is 24.8. The van der Waals surface area contributed by atoms with E-state index in [2.05, 4.69) is 103 Å². The molecule has 43 heavy (non-hydrogen) atoms. The Kier molecular flexibility index (Phi) is 6.84. The van der Waals surface area contributed by atoms with Crippen molar-refractivity contribution in [3.8, 4) is 28.3 Å². The lowest BCUT2D eigenvalue weighted by Gasteiger charge is -2.06. The van der Waals surface area contributed by atoms with Crippen molar-refractivity contribution >= 4 is 0 Å². The number of aromatic amines is 2. The molecule has 0 bridgehead atoms. The minimum absolute atomic E-state index is 0.344. The smallest absolute Gasteiger partial charge is 0.123 e. The predicted molar refractivity (Wildman–Crippen MR) is 169 cm³/mol. The molecule has 3 aliphatic rings. The summed E-state index contributed by atoms with van der Waals surface area (Å²) in [6, 6.07) is 27.5. The molecule has 0 radical (unpaired) electrons. The molecule has 0 amide bonds. The Labute approximate surface area is 252 Å². The number of nitrogens with one attached hydrogen (secondary N) is 4. The van der Waals surface area contributed by atoms with Crippen LogP contribution in [0.4, 0.5) is 0 Å². The number of rotatable bonds is 8. The van der Waals surface area contributed by atoms with Crippen molar-refractivity contribution in [1.82, 2.24) is 30.6 Å². The Morgan fingerprint density at radius 1 is 0.581 bits per heavy atom. The summed E-state index contributed by atoms with van der Waals surface area (Å²) < 4.78 is 5.45. The van der Waals surface area contributed by atoms with Gasteiger partial charge in [0, 0.05) is 0 Å². The summed E-state index contributed by atoms with van der Waals surface area (Å²) in [4.78, 5) is 16.5. The van der Waals surface area contributed by atoms with Crippen LogP contribution in [0.1, 0.15) is 83.9 Å². The predicted octanol–water partition coefficient (Wildman–Crippen LogP) is 6.99. The number of ether oxygens (including phenoxy) is 1. The van der Waals surface area contributed by atoms with E-state index in [1.54, 1.807) is 7.11 Å². The fourth-order valence-corrected chi connectivity index (χ4v) is 7.31. The second-order valence-electron chi connectivity index (χ2n) is 12.3. The molecule has 7 heteroatoms. The van der Waals surface area contributed by atoms with Gasteiger partial charge in [-0.15, -0.1) is 0 Å². The minimum Gasteiger partial charge on any atom is -0.497 e. The van der Waals surface area contributed by atoms with Crippen molar-refractivity contribution in [3.05, 3.63) is 114 Å². The second kappa shape index (κ2) is 11.1. The molecule has 4 unspecified atom stereocenters. The molecule has 8 rings (SSSR count). The number of benzene rings is 3. The molecule has 1 saturated carbocycles. The number of methoxy groups -OCH3 is 1. The molecule has 4 heterocycles. The van der Waals surface area contributed by atoms with Gasteiger partial charge in [-0.3, -0.25) is 0 Å². The van der Waals surface area contributed by atoms with Gasteiger partial charge in [0.2, 0.25) is 0 Å². The topological polar surface area (TPSA) is 90.7 Å². The lowest BCUT2D eigenvalue weighted by Crippen LogP contribution is -2.14. The highest BCUT2D eigenvalue weighted by atomic mass is 16.5. The lowest BCUT2D eigenvalue weighted by molar-refractivity contribution is 0.414. The molecule has 5 aromatic rings. The average molecular weight is 571 g/mol. The molecular formula is C36H38N6O. The fourth-order valence-electron chi connectivity index (χ4n) is 7.31. The first-order valence-corrected chi connectivity index (χ1v) is 15.7. The summed E-state index contributed by atoms with van der Waals surface area (Å²) >= 11 is 0. The lowest BCUT2D eigenvalue weighted by atomic mass is 10.0. The highest BCUT2D eigenvalue weighted by Crippen LogP contribution is 2.66. The third-order valence-corrected chi connectivity index (χ3v) is 9.71. The Morgan fingerprint density at radius 2 is 1.00 bits per heavy atom. The molecule has 2 saturated heterocycles. The van der Waals surface area contributed by atoms with E-state index in [-0.39, 0.29) is 0 Å². The van der Waals surface area contributed by atoms with Crippen LogP contribution < -0.4 is 15.4 Å². The van der Waals surface area contributed by atoms with Gasteiger partial charge in [0.1, 0.15) is 17.4 Å². The van der Waals surface area contributed by atoms with Crippen LogP contribution in [0.15, 0.2) is 85.2 Å². The Morgan fingerprint density at radius 3 is 1.37 bits per heavy atom. The van der Waals surface area contributed by atoms with Crippen LogP contribution in [0.25, 0.3) is 22.5 Å². The highest BCUT2D eigenvalue weighted by Gasteiger charge is 2.52. The maximum absolute atomic E-state index is 5.45. The summed E-state index contributed by atoms with van der Waals surface area (Å²) in [7, 11) is 1.72. The molecular weight excluding hydrogens is 532 g/mol. The van der Waals surface area contributed by atoms with Gasteiger partial charge in [-0.05, 0) is 96.5 Å². The van der Waals surface area contributed by atoms with E-state index in [4.69, 9.17) is 4.74 Å². The van der Waals surface area contributed by atoms with Gasteiger partial charge in [-0.2, -0.15) is 0 Å². The quantitative estimate of drug-likeness (QED) is 0.161. The summed E-state index contributed by atoms with van der Waals surface area (Å²) in [5.41, 5.74) is 8.61. The highest BCUT2D eigenvalue weighted by molar-refractivity contribution is 5.62. The van der Waals surface area contributed by atoms with E-state index in [1.165, 1.54) is 40.7 Å². The van der Waals surface area contributed by atoms with E-state index in [0.29, 0.717) is 29.8 Å². The van der Waals surface area contributed by atoms with Crippen LogP contribution >= 0.6 is 0 Å². The first kappa shape index (κ1) is 26.4. The largest absolute Gasteiger partial charge is 0.497 e. The third kappa shape index (κ3) is 5.07. The van der Waals surface area contributed by atoms with Crippen LogP contribution in [0.2, 0.25) is 0 Å². The van der Waals surface area contributed by atoms with E-state index in [0.717, 1.165) is 54.7 Å². The average Bonchev–Trinajstić information content (AvgIpc) is 3.73. The SMILES string of the molecule is COc1ccc(C2C(c3ccc(-c4cnc(C5CCCN5)[nH]4)cc3)C2c2ccc(-c3cnc(C4CCCN4)[nH]3)cc2)cc1. The number of hydrogen-bond acceptors (Lipinski definition) is 5. The number of hydrogen-bond donors (Lipinski definition) is 4. The molecule has 2 aromatic heterocycles. The molecule has 218 valence electrons. The number of nitrogens with zero attached hydrogens (tertiary/aromatic N) is 2. The fraction of sp³-hybridized carbons (Fsp3) is 0.333. The van der Waals surface area contributed by atoms with Crippen LogP contribution in [-0.4, -0.2) is 40.1 Å². The van der Waals surface area contributed by atoms with Gasteiger partial charge in [0.15, 0.2) is 0 Å². The molecule has 7 nitrogen and oxygen atoms in total. The van der Waals surface area contributed by atoms with Crippen molar-refractivity contribution in [2.24, 2.45) is 0 Å². The maximum Gasteiger partial charge on any atom is 0.123 e. The Hall–Kier alpha value is -4.20. The zero-order valence-corrected chi connectivity index (χ0v) is 24.5. The van der Waals surface area contributed by atoms with E-state index in [1.807, 2.05) is 12.4 Å². The Bertz CT molecular complexity index is 1570. The monoisotopic (exact) mass is 570 g/mol. The molecule has 2 aliphatic heterocycles. The molecule has 3 aromatic carbocycles. The van der Waals surface area contributed by atoms with Gasteiger partial charge in [-0.25, -0.2) is 9.97 Å². The number of aromatic nitrogens is 4. The van der Waals surface area contributed by atoms with Crippen molar-refractivity contribution in [2.45, 2.75) is 55.5 Å². The van der Waals surface area contributed by atoms with Crippen LogP contribution in [-0.2, 0) is 0 Å². The van der Waals surface area contributed by atoms with Crippen LogP contribution in [0.3, 0.4) is 0 Å². The van der Waals surface area contributed by atoms with E-state index >= 15 is 0 Å². The zero-order valence-electron chi connectivity index (χ0n) is 24.5. The molecule has 1 aliphatic carbocycles. The third-order valence-electron chi connectivity index (χ3n) is 9.71.